The number of rotatable bonds is 4. The lowest BCUT2D eigenvalue weighted by Crippen LogP contribution is -2.43. The molecule has 0 aromatic carbocycles. The fraction of sp³-hybridized carbons (Fsp3) is 0.917. The molecule has 1 amide bonds. The highest BCUT2D eigenvalue weighted by Gasteiger charge is 2.40. The first-order valence-corrected chi connectivity index (χ1v) is 6.32. The van der Waals surface area contributed by atoms with Crippen molar-refractivity contribution in [1.29, 1.82) is 0 Å². The van der Waals surface area contributed by atoms with Gasteiger partial charge in [0, 0.05) is 13.2 Å². The molecule has 4 heteroatoms. The van der Waals surface area contributed by atoms with Crippen LogP contribution in [0.15, 0.2) is 0 Å². The first-order chi connectivity index (χ1) is 7.65. The van der Waals surface area contributed by atoms with E-state index in [4.69, 9.17) is 4.74 Å². The maximum atomic E-state index is 12.1. The molecule has 16 heavy (non-hydrogen) atoms. The first kappa shape index (κ1) is 11.9. The van der Waals surface area contributed by atoms with Crippen LogP contribution in [0.25, 0.3) is 0 Å². The molecule has 2 unspecified atom stereocenters. The van der Waals surface area contributed by atoms with Gasteiger partial charge in [0.2, 0.25) is 5.91 Å². The van der Waals surface area contributed by atoms with Crippen LogP contribution in [0.4, 0.5) is 0 Å². The normalized spacial score (nSPS) is 35.0. The number of hydrogen-bond donors (Lipinski definition) is 1. The Kier molecular flexibility index (Phi) is 3.50. The van der Waals surface area contributed by atoms with Crippen LogP contribution in [0.3, 0.4) is 0 Å². The maximum Gasteiger partial charge on any atom is 0.243 e. The van der Waals surface area contributed by atoms with Crippen LogP contribution in [-0.2, 0) is 9.53 Å². The summed E-state index contributed by atoms with van der Waals surface area (Å²) >= 11 is 0. The van der Waals surface area contributed by atoms with Crippen molar-refractivity contribution in [2.24, 2.45) is 0 Å². The minimum atomic E-state index is -0.337. The van der Waals surface area contributed by atoms with E-state index in [1.165, 1.54) is 6.42 Å². The maximum absolute atomic E-state index is 12.1. The fourth-order valence-corrected chi connectivity index (χ4v) is 2.39. The molecule has 2 heterocycles. The molecule has 0 saturated carbocycles. The zero-order valence-corrected chi connectivity index (χ0v) is 10.3. The van der Waals surface area contributed by atoms with Gasteiger partial charge in [-0.25, -0.2) is 0 Å². The van der Waals surface area contributed by atoms with E-state index in [2.05, 4.69) is 12.2 Å². The Morgan fingerprint density at radius 3 is 3.00 bits per heavy atom. The third-order valence-electron chi connectivity index (χ3n) is 3.87. The van der Waals surface area contributed by atoms with E-state index in [0.717, 1.165) is 32.4 Å². The van der Waals surface area contributed by atoms with Gasteiger partial charge >= 0.3 is 0 Å². The Morgan fingerprint density at radius 1 is 1.62 bits per heavy atom. The highest BCUT2D eigenvalue weighted by atomic mass is 16.5. The monoisotopic (exact) mass is 226 g/mol. The lowest BCUT2D eigenvalue weighted by molar-refractivity contribution is -0.132. The molecular weight excluding hydrogens is 204 g/mol. The predicted molar refractivity (Wildman–Crippen MR) is 62.0 cm³/mol. The third kappa shape index (κ3) is 2.23. The van der Waals surface area contributed by atoms with Crippen LogP contribution in [-0.4, -0.2) is 42.3 Å². The second-order valence-corrected chi connectivity index (χ2v) is 5.01. The number of amides is 1. The number of carbonyl (C=O) groups excluding carboxylic acids is 1. The summed E-state index contributed by atoms with van der Waals surface area (Å²) in [5, 5.41) is 3.29. The second kappa shape index (κ2) is 4.72. The molecule has 0 radical (unpaired) electrons. The number of hydrogen-bond acceptors (Lipinski definition) is 3. The van der Waals surface area contributed by atoms with Crippen LogP contribution in [0.5, 0.6) is 0 Å². The predicted octanol–water partition coefficient (Wildman–Crippen LogP) is 1.11. The third-order valence-corrected chi connectivity index (χ3v) is 3.87. The molecule has 0 bridgehead atoms. The van der Waals surface area contributed by atoms with Gasteiger partial charge in [-0.3, -0.25) is 10.1 Å². The molecule has 92 valence electrons. The molecule has 2 rings (SSSR count). The molecule has 2 saturated heterocycles. The van der Waals surface area contributed by atoms with Crippen LogP contribution >= 0.6 is 0 Å². The highest BCUT2D eigenvalue weighted by Crippen LogP contribution is 2.21. The SMILES string of the molecule is CCC1(C)NCN(CCC2CCCO2)C1=O. The van der Waals surface area contributed by atoms with Crippen LogP contribution in [0.1, 0.15) is 39.5 Å². The van der Waals surface area contributed by atoms with Crippen molar-refractivity contribution in [2.45, 2.75) is 51.2 Å². The second-order valence-electron chi connectivity index (χ2n) is 5.01. The summed E-state index contributed by atoms with van der Waals surface area (Å²) in [5.41, 5.74) is -0.337. The molecule has 2 aliphatic heterocycles. The molecule has 2 fully saturated rings. The van der Waals surface area contributed by atoms with Crippen molar-refractivity contribution in [3.05, 3.63) is 0 Å². The van der Waals surface area contributed by atoms with Crippen molar-refractivity contribution >= 4 is 5.91 Å². The molecule has 0 spiro atoms. The average molecular weight is 226 g/mol. The topological polar surface area (TPSA) is 41.6 Å². The summed E-state index contributed by atoms with van der Waals surface area (Å²) in [5.74, 6) is 0.244. The van der Waals surface area contributed by atoms with E-state index >= 15 is 0 Å². The lowest BCUT2D eigenvalue weighted by Gasteiger charge is -2.21. The standard InChI is InChI=1S/C12H22N2O2/c1-3-12(2)11(15)14(9-13-12)7-6-10-5-4-8-16-10/h10,13H,3-9H2,1-2H3. The van der Waals surface area contributed by atoms with Gasteiger partial charge in [0.15, 0.2) is 0 Å². The van der Waals surface area contributed by atoms with Crippen LogP contribution in [0, 0.1) is 0 Å². The molecule has 0 aliphatic carbocycles. The Bertz CT molecular complexity index is 264. The first-order valence-electron chi connectivity index (χ1n) is 6.32. The zero-order valence-electron chi connectivity index (χ0n) is 10.3. The quantitative estimate of drug-likeness (QED) is 0.781. The molecule has 2 atom stereocenters. The fourth-order valence-electron chi connectivity index (χ4n) is 2.39. The average Bonchev–Trinajstić information content (AvgIpc) is 2.88. The Hall–Kier alpha value is -0.610. The number of ether oxygens (including phenoxy) is 1. The smallest absolute Gasteiger partial charge is 0.243 e. The Labute approximate surface area is 97.3 Å². The largest absolute Gasteiger partial charge is 0.378 e. The lowest BCUT2D eigenvalue weighted by atomic mass is 9.99. The van der Waals surface area contributed by atoms with Crippen molar-refractivity contribution in [2.75, 3.05) is 19.8 Å². The molecule has 2 aliphatic rings. The molecule has 1 N–H and O–H groups in total. The highest BCUT2D eigenvalue weighted by molar-refractivity contribution is 5.87. The zero-order chi connectivity index (χ0) is 11.6. The number of nitrogens with zero attached hydrogens (tertiary/aromatic N) is 1. The van der Waals surface area contributed by atoms with Crippen molar-refractivity contribution < 1.29 is 9.53 Å². The summed E-state index contributed by atoms with van der Waals surface area (Å²) in [6.07, 6.45) is 4.53. The van der Waals surface area contributed by atoms with Crippen molar-refractivity contribution in [3.8, 4) is 0 Å². The van der Waals surface area contributed by atoms with E-state index in [0.29, 0.717) is 12.8 Å². The molecular formula is C12H22N2O2. The van der Waals surface area contributed by atoms with Gasteiger partial charge in [0.1, 0.15) is 0 Å². The number of carbonyl (C=O) groups is 1. The van der Waals surface area contributed by atoms with Crippen molar-refractivity contribution in [1.82, 2.24) is 10.2 Å². The Balaban J connectivity index is 1.80. The minimum Gasteiger partial charge on any atom is -0.378 e. The van der Waals surface area contributed by atoms with Crippen LogP contribution < -0.4 is 5.32 Å². The molecule has 0 aromatic heterocycles. The molecule has 0 aromatic rings. The van der Waals surface area contributed by atoms with E-state index in [1.54, 1.807) is 0 Å². The minimum absolute atomic E-state index is 0.244. The number of nitrogens with one attached hydrogen (secondary N) is 1. The van der Waals surface area contributed by atoms with E-state index in [9.17, 15) is 4.79 Å². The summed E-state index contributed by atoms with van der Waals surface area (Å²) < 4.78 is 5.57. The van der Waals surface area contributed by atoms with Crippen molar-refractivity contribution in [3.63, 3.8) is 0 Å². The van der Waals surface area contributed by atoms with Gasteiger partial charge < -0.3 is 9.64 Å². The van der Waals surface area contributed by atoms with Gasteiger partial charge in [-0.1, -0.05) is 6.92 Å². The van der Waals surface area contributed by atoms with Gasteiger partial charge in [-0.05, 0) is 32.6 Å². The van der Waals surface area contributed by atoms with Gasteiger partial charge in [-0.15, -0.1) is 0 Å². The Morgan fingerprint density at radius 2 is 2.44 bits per heavy atom. The summed E-state index contributed by atoms with van der Waals surface area (Å²) in [6, 6.07) is 0. The summed E-state index contributed by atoms with van der Waals surface area (Å²) in [6.45, 7) is 6.45. The van der Waals surface area contributed by atoms with Gasteiger partial charge in [-0.2, -0.15) is 0 Å². The summed E-state index contributed by atoms with van der Waals surface area (Å²) in [7, 11) is 0. The molecule has 4 nitrogen and oxygen atoms in total. The van der Waals surface area contributed by atoms with Crippen LogP contribution in [0.2, 0.25) is 0 Å². The summed E-state index contributed by atoms with van der Waals surface area (Å²) in [4.78, 5) is 14.0. The van der Waals surface area contributed by atoms with E-state index < -0.39 is 0 Å². The van der Waals surface area contributed by atoms with Gasteiger partial charge in [0.05, 0.1) is 18.3 Å². The van der Waals surface area contributed by atoms with E-state index in [1.807, 2.05) is 11.8 Å². The van der Waals surface area contributed by atoms with E-state index in [-0.39, 0.29) is 11.4 Å². The van der Waals surface area contributed by atoms with Gasteiger partial charge in [0.25, 0.3) is 0 Å².